The summed E-state index contributed by atoms with van der Waals surface area (Å²) in [6, 6.07) is 7.98. The van der Waals surface area contributed by atoms with Crippen LogP contribution in [0, 0.1) is 0 Å². The lowest BCUT2D eigenvalue weighted by Gasteiger charge is -2.10. The van der Waals surface area contributed by atoms with Crippen LogP contribution >= 0.6 is 0 Å². The lowest BCUT2D eigenvalue weighted by molar-refractivity contribution is -0.137. The van der Waals surface area contributed by atoms with E-state index in [0.29, 0.717) is 5.69 Å². The third kappa shape index (κ3) is 3.36. The van der Waals surface area contributed by atoms with Crippen LogP contribution in [0.2, 0.25) is 0 Å². The molecule has 106 valence electrons. The molecule has 20 heavy (non-hydrogen) atoms. The Morgan fingerprint density at radius 1 is 1.20 bits per heavy atom. The molecular formula is C13H11F3N2OS. The quantitative estimate of drug-likeness (QED) is 0.887. The van der Waals surface area contributed by atoms with Gasteiger partial charge in [0.15, 0.2) is 0 Å². The first-order chi connectivity index (χ1) is 9.38. The molecule has 0 fully saturated rings. The molecule has 1 aromatic heterocycles. The van der Waals surface area contributed by atoms with Crippen molar-refractivity contribution >= 4 is 16.5 Å². The number of halogens is 3. The van der Waals surface area contributed by atoms with E-state index in [4.69, 9.17) is 5.73 Å². The van der Waals surface area contributed by atoms with Gasteiger partial charge in [-0.2, -0.15) is 13.2 Å². The van der Waals surface area contributed by atoms with Crippen molar-refractivity contribution in [3.8, 4) is 0 Å². The number of hydrogen-bond donors (Lipinski definition) is 1. The Kier molecular flexibility index (Phi) is 4.08. The maximum Gasteiger partial charge on any atom is 0.416 e. The van der Waals surface area contributed by atoms with Crippen LogP contribution in [-0.2, 0) is 22.7 Å². The summed E-state index contributed by atoms with van der Waals surface area (Å²) in [6.45, 7) is 0. The topological polar surface area (TPSA) is 56.0 Å². The summed E-state index contributed by atoms with van der Waals surface area (Å²) < 4.78 is 49.6. The van der Waals surface area contributed by atoms with Gasteiger partial charge in [-0.1, -0.05) is 6.07 Å². The summed E-state index contributed by atoms with van der Waals surface area (Å²) in [5, 5.41) is 0. The highest BCUT2D eigenvalue weighted by atomic mass is 32.2. The molecule has 0 aliphatic heterocycles. The molecule has 0 spiro atoms. The van der Waals surface area contributed by atoms with Gasteiger partial charge < -0.3 is 5.73 Å². The maximum atomic E-state index is 12.5. The van der Waals surface area contributed by atoms with Gasteiger partial charge in [-0.15, -0.1) is 0 Å². The van der Waals surface area contributed by atoms with E-state index in [-0.39, 0.29) is 16.3 Å². The smallest absolute Gasteiger partial charge is 0.398 e. The normalized spacial score (nSPS) is 13.2. The van der Waals surface area contributed by atoms with Crippen molar-refractivity contribution in [2.75, 3.05) is 5.73 Å². The van der Waals surface area contributed by atoms with Crippen LogP contribution < -0.4 is 5.73 Å². The van der Waals surface area contributed by atoms with Crippen LogP contribution in [0.15, 0.2) is 47.5 Å². The van der Waals surface area contributed by atoms with Crippen LogP contribution in [0.4, 0.5) is 18.9 Å². The molecule has 0 aliphatic rings. The van der Waals surface area contributed by atoms with Crippen LogP contribution in [0.5, 0.6) is 0 Å². The van der Waals surface area contributed by atoms with E-state index in [9.17, 15) is 17.4 Å². The first kappa shape index (κ1) is 14.5. The minimum absolute atomic E-state index is 0.108. The first-order valence-electron chi connectivity index (χ1n) is 5.63. The predicted molar refractivity (Wildman–Crippen MR) is 70.2 cm³/mol. The SMILES string of the molecule is Nc1cc(C(F)(F)F)ccc1S(=O)Cc1ccccn1. The molecule has 0 bridgehead atoms. The van der Waals surface area contributed by atoms with Gasteiger partial charge in [0.25, 0.3) is 0 Å². The van der Waals surface area contributed by atoms with E-state index in [1.165, 1.54) is 0 Å². The zero-order valence-corrected chi connectivity index (χ0v) is 11.0. The molecule has 1 heterocycles. The average Bonchev–Trinajstić information content (AvgIpc) is 2.38. The number of benzene rings is 1. The molecule has 3 nitrogen and oxygen atoms in total. The highest BCUT2D eigenvalue weighted by molar-refractivity contribution is 7.84. The fraction of sp³-hybridized carbons (Fsp3) is 0.154. The number of nitrogen functional groups attached to an aromatic ring is 1. The van der Waals surface area contributed by atoms with Crippen molar-refractivity contribution in [2.45, 2.75) is 16.8 Å². The summed E-state index contributed by atoms with van der Waals surface area (Å²) in [6.07, 6.45) is -2.90. The highest BCUT2D eigenvalue weighted by Gasteiger charge is 2.31. The van der Waals surface area contributed by atoms with Crippen molar-refractivity contribution in [1.29, 1.82) is 0 Å². The number of rotatable bonds is 3. The molecule has 1 aromatic carbocycles. The Morgan fingerprint density at radius 3 is 2.50 bits per heavy atom. The van der Waals surface area contributed by atoms with E-state index < -0.39 is 22.5 Å². The van der Waals surface area contributed by atoms with Crippen LogP contribution in [0.3, 0.4) is 0 Å². The molecule has 1 atom stereocenters. The van der Waals surface area contributed by atoms with Gasteiger partial charge in [-0.25, -0.2) is 0 Å². The van der Waals surface area contributed by atoms with Gasteiger partial charge >= 0.3 is 6.18 Å². The van der Waals surface area contributed by atoms with Crippen molar-refractivity contribution in [2.24, 2.45) is 0 Å². The first-order valence-corrected chi connectivity index (χ1v) is 6.95. The zero-order valence-electron chi connectivity index (χ0n) is 10.2. The Hall–Kier alpha value is -1.89. The van der Waals surface area contributed by atoms with Gasteiger partial charge in [-0.3, -0.25) is 9.19 Å². The van der Waals surface area contributed by atoms with E-state index in [2.05, 4.69) is 4.98 Å². The molecule has 0 amide bonds. The fourth-order valence-electron chi connectivity index (χ4n) is 1.63. The number of hydrogen-bond acceptors (Lipinski definition) is 3. The number of nitrogens with zero attached hydrogens (tertiary/aromatic N) is 1. The van der Waals surface area contributed by atoms with E-state index in [1.54, 1.807) is 24.4 Å². The second-order valence-corrected chi connectivity index (χ2v) is 5.48. The van der Waals surface area contributed by atoms with E-state index in [1.807, 2.05) is 0 Å². The minimum Gasteiger partial charge on any atom is -0.398 e. The molecule has 2 aromatic rings. The second kappa shape index (κ2) is 5.62. The number of anilines is 1. The standard InChI is InChI=1S/C13H11F3N2OS/c14-13(15,16)9-4-5-12(11(17)7-9)20(19)8-10-3-1-2-6-18-10/h1-7H,8,17H2. The number of nitrogens with two attached hydrogens (primary N) is 1. The van der Waals surface area contributed by atoms with Crippen LogP contribution in [0.25, 0.3) is 0 Å². The minimum atomic E-state index is -4.46. The summed E-state index contributed by atoms with van der Waals surface area (Å²) in [4.78, 5) is 4.20. The Bertz CT molecular complexity index is 629. The van der Waals surface area contributed by atoms with Gasteiger partial charge in [0.2, 0.25) is 0 Å². The lowest BCUT2D eigenvalue weighted by Crippen LogP contribution is -2.08. The third-order valence-electron chi connectivity index (χ3n) is 2.59. The van der Waals surface area contributed by atoms with Gasteiger partial charge in [0.1, 0.15) is 0 Å². The van der Waals surface area contributed by atoms with Crippen LogP contribution in [-0.4, -0.2) is 9.19 Å². The lowest BCUT2D eigenvalue weighted by atomic mass is 10.2. The average molecular weight is 300 g/mol. The van der Waals surface area contributed by atoms with E-state index in [0.717, 1.165) is 18.2 Å². The molecule has 1 unspecified atom stereocenters. The summed E-state index contributed by atoms with van der Waals surface area (Å²) in [7, 11) is -1.54. The maximum absolute atomic E-state index is 12.5. The monoisotopic (exact) mass is 300 g/mol. The second-order valence-electron chi connectivity index (χ2n) is 4.06. The molecule has 7 heteroatoms. The number of pyridine rings is 1. The summed E-state index contributed by atoms with van der Waals surface area (Å²) in [5.41, 5.74) is 5.16. The number of aromatic nitrogens is 1. The molecular weight excluding hydrogens is 289 g/mol. The molecule has 2 rings (SSSR count). The summed E-state index contributed by atoms with van der Waals surface area (Å²) in [5.74, 6) is 0.108. The van der Waals surface area contributed by atoms with Gasteiger partial charge in [-0.05, 0) is 30.3 Å². The highest BCUT2D eigenvalue weighted by Crippen LogP contribution is 2.32. The molecule has 0 saturated carbocycles. The third-order valence-corrected chi connectivity index (χ3v) is 4.01. The molecule has 0 radical (unpaired) electrons. The van der Waals surface area contributed by atoms with Crippen molar-refractivity contribution in [3.05, 3.63) is 53.9 Å². The predicted octanol–water partition coefficient (Wildman–Crippen LogP) is 2.99. The van der Waals surface area contributed by atoms with Crippen molar-refractivity contribution < 1.29 is 17.4 Å². The zero-order chi connectivity index (χ0) is 14.8. The van der Waals surface area contributed by atoms with Crippen molar-refractivity contribution in [3.63, 3.8) is 0 Å². The molecule has 0 aliphatic carbocycles. The largest absolute Gasteiger partial charge is 0.416 e. The molecule has 2 N–H and O–H groups in total. The Balaban J connectivity index is 2.23. The van der Waals surface area contributed by atoms with Crippen LogP contribution in [0.1, 0.15) is 11.3 Å². The summed E-state index contributed by atoms with van der Waals surface area (Å²) >= 11 is 0. The van der Waals surface area contributed by atoms with E-state index >= 15 is 0 Å². The Labute approximate surface area is 116 Å². The Morgan fingerprint density at radius 2 is 1.95 bits per heavy atom. The van der Waals surface area contributed by atoms with Gasteiger partial charge in [0, 0.05) is 11.9 Å². The van der Waals surface area contributed by atoms with Crippen molar-refractivity contribution in [1.82, 2.24) is 4.98 Å². The molecule has 0 saturated heterocycles. The fourth-order valence-corrected chi connectivity index (χ4v) is 2.76. The number of alkyl halides is 3. The van der Waals surface area contributed by atoms with Gasteiger partial charge in [0.05, 0.1) is 32.7 Å².